The summed E-state index contributed by atoms with van der Waals surface area (Å²) in [6.07, 6.45) is -1.90. The quantitative estimate of drug-likeness (QED) is 0.280. The Balaban J connectivity index is 1.70. The first kappa shape index (κ1) is 24.6. The lowest BCUT2D eigenvalue weighted by molar-refractivity contribution is -0.150. The number of rotatable bonds is 5. The Bertz CT molecular complexity index is 581. The first-order chi connectivity index (χ1) is 14.1. The number of aliphatic hydroxyl groups excluding tert-OH is 1. The molecule has 3 rings (SSSR count). The summed E-state index contributed by atoms with van der Waals surface area (Å²) in [7, 11) is 1.59. The summed E-state index contributed by atoms with van der Waals surface area (Å²) in [6.45, 7) is 1.14. The minimum atomic E-state index is -3.28. The Kier molecular flexibility index (Phi) is 8.10. The summed E-state index contributed by atoms with van der Waals surface area (Å²) in [5.74, 6) is -4.27. The fourth-order valence-corrected chi connectivity index (χ4v) is 5.59. The van der Waals surface area contributed by atoms with Gasteiger partial charge in [-0.15, -0.1) is 0 Å². The second-order valence-corrected chi connectivity index (χ2v) is 10.3. The molecule has 9 unspecified atom stereocenters. The van der Waals surface area contributed by atoms with Gasteiger partial charge in [-0.1, -0.05) is 15.9 Å². The summed E-state index contributed by atoms with van der Waals surface area (Å²) in [6, 6.07) is -0.659. The SMILES string of the molecule is COC1CC(Br)CNC1C(O)NC1CCC(F)C(C2(C)NC(N)COCC2(F)F)C1. The maximum absolute atomic E-state index is 14.9. The van der Waals surface area contributed by atoms with Gasteiger partial charge in [0, 0.05) is 30.4 Å². The van der Waals surface area contributed by atoms with Crippen LogP contribution in [0.25, 0.3) is 0 Å². The summed E-state index contributed by atoms with van der Waals surface area (Å²) in [5, 5.41) is 19.9. The predicted octanol–water partition coefficient (Wildman–Crippen LogP) is 0.840. The number of piperidine rings is 1. The molecule has 9 atom stereocenters. The zero-order valence-corrected chi connectivity index (χ0v) is 19.0. The van der Waals surface area contributed by atoms with E-state index in [1.54, 1.807) is 7.11 Å². The first-order valence-electron chi connectivity index (χ1n) is 10.5. The normalized spacial score (nSPS) is 46.2. The van der Waals surface area contributed by atoms with E-state index in [9.17, 15) is 18.3 Å². The summed E-state index contributed by atoms with van der Waals surface area (Å²) in [4.78, 5) is 0.243. The van der Waals surface area contributed by atoms with Gasteiger partial charge < -0.3 is 25.6 Å². The number of aliphatic hydroxyl groups is 1. The number of halogens is 4. The Morgan fingerprint density at radius 1 is 1.33 bits per heavy atom. The molecule has 1 saturated carbocycles. The molecule has 7 nitrogen and oxygen atoms in total. The molecule has 0 bridgehead atoms. The van der Waals surface area contributed by atoms with E-state index in [1.165, 1.54) is 6.92 Å². The van der Waals surface area contributed by atoms with E-state index < -0.39 is 42.6 Å². The van der Waals surface area contributed by atoms with Crippen LogP contribution in [0.5, 0.6) is 0 Å². The molecule has 0 aromatic heterocycles. The van der Waals surface area contributed by atoms with Crippen molar-refractivity contribution in [2.24, 2.45) is 11.7 Å². The topological polar surface area (TPSA) is 101 Å². The Hall–Kier alpha value is -0.01000. The maximum Gasteiger partial charge on any atom is 0.288 e. The van der Waals surface area contributed by atoms with Gasteiger partial charge in [0.25, 0.3) is 5.92 Å². The van der Waals surface area contributed by atoms with Crippen molar-refractivity contribution >= 4 is 15.9 Å². The molecule has 1 aliphatic carbocycles. The van der Waals surface area contributed by atoms with Gasteiger partial charge >= 0.3 is 0 Å². The minimum absolute atomic E-state index is 0.0600. The van der Waals surface area contributed by atoms with Gasteiger partial charge in [-0.05, 0) is 32.6 Å². The number of hydrogen-bond donors (Lipinski definition) is 5. The minimum Gasteiger partial charge on any atom is -0.380 e. The molecule has 3 fully saturated rings. The van der Waals surface area contributed by atoms with E-state index in [-0.39, 0.29) is 42.5 Å². The lowest BCUT2D eigenvalue weighted by atomic mass is 9.69. The van der Waals surface area contributed by atoms with Crippen molar-refractivity contribution in [3.8, 4) is 0 Å². The van der Waals surface area contributed by atoms with Crippen molar-refractivity contribution in [3.05, 3.63) is 0 Å². The molecule has 3 aliphatic rings. The van der Waals surface area contributed by atoms with Gasteiger partial charge in [-0.2, -0.15) is 0 Å². The van der Waals surface area contributed by atoms with Gasteiger partial charge in [0.05, 0.1) is 30.5 Å². The molecule has 0 aromatic rings. The fraction of sp³-hybridized carbons (Fsp3) is 1.00. The third-order valence-electron chi connectivity index (χ3n) is 6.85. The monoisotopic (exact) mass is 502 g/mol. The average Bonchev–Trinajstić information content (AvgIpc) is 2.78. The highest BCUT2D eigenvalue weighted by atomic mass is 79.9. The van der Waals surface area contributed by atoms with Crippen molar-refractivity contribution in [1.82, 2.24) is 16.0 Å². The van der Waals surface area contributed by atoms with Crippen molar-refractivity contribution in [2.75, 3.05) is 26.9 Å². The molecule has 0 amide bonds. The Morgan fingerprint density at radius 2 is 2.07 bits per heavy atom. The lowest BCUT2D eigenvalue weighted by Crippen LogP contribution is -2.68. The number of alkyl halides is 4. The standard InChI is InChI=1S/C19H34BrF3N4O3/c1-18(19(22,23)9-30-8-15(24)27-18)12-6-11(3-4-13(12)21)26-17(28)16-14(29-2)5-10(20)7-25-16/h10-17,25-28H,3-9,24H2,1-2H3. The number of ether oxygens (including phenoxy) is 2. The van der Waals surface area contributed by atoms with E-state index in [0.717, 1.165) is 6.42 Å². The molecule has 2 aliphatic heterocycles. The molecule has 176 valence electrons. The van der Waals surface area contributed by atoms with Crippen LogP contribution in [0.2, 0.25) is 0 Å². The highest BCUT2D eigenvalue weighted by molar-refractivity contribution is 9.09. The van der Waals surface area contributed by atoms with Crippen molar-refractivity contribution in [3.63, 3.8) is 0 Å². The van der Waals surface area contributed by atoms with Crippen LogP contribution in [-0.4, -0.2) is 85.0 Å². The van der Waals surface area contributed by atoms with Crippen LogP contribution >= 0.6 is 15.9 Å². The van der Waals surface area contributed by atoms with Crippen molar-refractivity contribution in [2.45, 2.75) is 85.6 Å². The van der Waals surface area contributed by atoms with E-state index in [2.05, 4.69) is 31.9 Å². The second-order valence-electron chi connectivity index (χ2n) is 8.96. The molecule has 2 saturated heterocycles. The maximum atomic E-state index is 14.9. The fourth-order valence-electron chi connectivity index (χ4n) is 5.04. The molecule has 0 aromatic carbocycles. The largest absolute Gasteiger partial charge is 0.380 e. The number of nitrogens with two attached hydrogens (primary N) is 1. The third kappa shape index (κ3) is 5.14. The van der Waals surface area contributed by atoms with E-state index in [4.69, 9.17) is 15.2 Å². The van der Waals surface area contributed by atoms with Gasteiger partial charge in [-0.25, -0.2) is 13.2 Å². The molecule has 11 heteroatoms. The van der Waals surface area contributed by atoms with Gasteiger partial charge in [0.15, 0.2) is 0 Å². The van der Waals surface area contributed by atoms with Crippen LogP contribution in [0.4, 0.5) is 13.2 Å². The summed E-state index contributed by atoms with van der Waals surface area (Å²) >= 11 is 3.55. The highest BCUT2D eigenvalue weighted by Crippen LogP contribution is 2.44. The van der Waals surface area contributed by atoms with Crippen LogP contribution in [0.15, 0.2) is 0 Å². The number of nitrogens with one attached hydrogen (secondary N) is 3. The van der Waals surface area contributed by atoms with Gasteiger partial charge in [-0.3, -0.25) is 10.6 Å². The number of hydrogen-bond acceptors (Lipinski definition) is 7. The smallest absolute Gasteiger partial charge is 0.288 e. The van der Waals surface area contributed by atoms with E-state index in [1.807, 2.05) is 0 Å². The van der Waals surface area contributed by atoms with Gasteiger partial charge in [0.1, 0.15) is 19.0 Å². The average molecular weight is 503 g/mol. The van der Waals surface area contributed by atoms with E-state index in [0.29, 0.717) is 13.0 Å². The van der Waals surface area contributed by atoms with Gasteiger partial charge in [0.2, 0.25) is 0 Å². The molecule has 0 spiro atoms. The third-order valence-corrected chi connectivity index (χ3v) is 7.54. The van der Waals surface area contributed by atoms with Crippen LogP contribution in [0.3, 0.4) is 0 Å². The molecular weight excluding hydrogens is 469 g/mol. The molecular formula is C19H34BrF3N4O3. The first-order valence-corrected chi connectivity index (χ1v) is 11.5. The Labute approximate surface area is 184 Å². The molecule has 6 N–H and O–H groups in total. The molecule has 30 heavy (non-hydrogen) atoms. The summed E-state index contributed by atoms with van der Waals surface area (Å²) in [5.41, 5.74) is 4.01. The van der Waals surface area contributed by atoms with Crippen LogP contribution in [0, 0.1) is 5.92 Å². The van der Waals surface area contributed by atoms with Crippen LogP contribution < -0.4 is 21.7 Å². The Morgan fingerprint density at radius 3 is 2.77 bits per heavy atom. The molecule has 0 radical (unpaired) electrons. The summed E-state index contributed by atoms with van der Waals surface area (Å²) < 4.78 is 55.3. The number of methoxy groups -OCH3 is 1. The van der Waals surface area contributed by atoms with E-state index >= 15 is 0 Å². The van der Waals surface area contributed by atoms with Crippen molar-refractivity contribution < 1.29 is 27.8 Å². The van der Waals surface area contributed by atoms with Crippen LogP contribution in [0.1, 0.15) is 32.6 Å². The predicted molar refractivity (Wildman–Crippen MR) is 110 cm³/mol. The lowest BCUT2D eigenvalue weighted by Gasteiger charge is -2.48. The molecule has 2 heterocycles. The highest BCUT2D eigenvalue weighted by Gasteiger charge is 2.59. The van der Waals surface area contributed by atoms with Crippen LogP contribution in [-0.2, 0) is 9.47 Å². The van der Waals surface area contributed by atoms with Crippen molar-refractivity contribution in [1.29, 1.82) is 0 Å². The zero-order chi connectivity index (χ0) is 22.1. The second kappa shape index (κ2) is 9.86. The zero-order valence-electron chi connectivity index (χ0n) is 17.4.